The summed E-state index contributed by atoms with van der Waals surface area (Å²) in [6, 6.07) is 6.92. The van der Waals surface area contributed by atoms with Gasteiger partial charge in [0, 0.05) is 44.5 Å². The monoisotopic (exact) mass is 515 g/mol. The van der Waals surface area contributed by atoms with Crippen molar-refractivity contribution in [1.82, 2.24) is 14.8 Å². The van der Waals surface area contributed by atoms with Crippen LogP contribution in [0.25, 0.3) is 0 Å². The molecule has 0 amide bonds. The third kappa shape index (κ3) is 11.5. The Morgan fingerprint density at radius 3 is 2.17 bits per heavy atom. The number of carboxylic acid groups (broad SMARTS) is 2. The number of rotatable bonds is 5. The number of aryl methyl sites for hydroxylation is 1. The van der Waals surface area contributed by atoms with Crippen LogP contribution in [0, 0.1) is 6.92 Å². The molecule has 2 fully saturated rings. The summed E-state index contributed by atoms with van der Waals surface area (Å²) in [5.74, 6) is -5.51. The normalized spacial score (nSPS) is 20.5. The van der Waals surface area contributed by atoms with Gasteiger partial charge in [0.2, 0.25) is 0 Å². The molecule has 0 saturated carbocycles. The summed E-state index contributed by atoms with van der Waals surface area (Å²) >= 11 is 0. The highest BCUT2D eigenvalue weighted by Gasteiger charge is 2.39. The molecule has 1 aromatic heterocycles. The Balaban J connectivity index is 0.000000362. The number of hydrogen-bond acceptors (Lipinski definition) is 6. The molecule has 3 heterocycles. The van der Waals surface area contributed by atoms with Gasteiger partial charge in [0.1, 0.15) is 0 Å². The summed E-state index contributed by atoms with van der Waals surface area (Å²) in [4.78, 5) is 27.5. The molecule has 2 N–H and O–H groups in total. The molecular formula is C21H27F6N3O5. The van der Waals surface area contributed by atoms with Crippen LogP contribution in [-0.2, 0) is 20.9 Å². The van der Waals surface area contributed by atoms with Crippen LogP contribution in [0.1, 0.15) is 17.8 Å². The molecule has 0 bridgehead atoms. The molecule has 8 nitrogen and oxygen atoms in total. The highest BCUT2D eigenvalue weighted by atomic mass is 19.4. The van der Waals surface area contributed by atoms with Gasteiger partial charge in [0.15, 0.2) is 0 Å². The van der Waals surface area contributed by atoms with Crippen LogP contribution >= 0.6 is 0 Å². The molecule has 0 aliphatic carbocycles. The Morgan fingerprint density at radius 2 is 1.69 bits per heavy atom. The van der Waals surface area contributed by atoms with Gasteiger partial charge < -0.3 is 14.9 Å². The number of ether oxygens (including phenoxy) is 1. The highest BCUT2D eigenvalue weighted by molar-refractivity contribution is 5.73. The number of aromatic nitrogens is 1. The summed E-state index contributed by atoms with van der Waals surface area (Å²) in [6.45, 7) is 11.9. The average molecular weight is 515 g/mol. The predicted octanol–water partition coefficient (Wildman–Crippen LogP) is 3.12. The van der Waals surface area contributed by atoms with Crippen molar-refractivity contribution in [1.29, 1.82) is 0 Å². The molecule has 0 aromatic carbocycles. The Hall–Kier alpha value is -2.71. The zero-order chi connectivity index (χ0) is 26.8. The van der Waals surface area contributed by atoms with Crippen LogP contribution < -0.4 is 0 Å². The molecule has 1 aromatic rings. The van der Waals surface area contributed by atoms with E-state index in [2.05, 4.69) is 46.5 Å². The van der Waals surface area contributed by atoms with E-state index in [4.69, 9.17) is 24.5 Å². The highest BCUT2D eigenvalue weighted by Crippen LogP contribution is 2.24. The first-order valence-corrected chi connectivity index (χ1v) is 10.3. The molecule has 198 valence electrons. The molecule has 2 saturated heterocycles. The molecule has 0 spiro atoms. The molecule has 14 heteroatoms. The van der Waals surface area contributed by atoms with Crippen LogP contribution in [0.4, 0.5) is 26.3 Å². The van der Waals surface area contributed by atoms with Gasteiger partial charge in [-0.25, -0.2) is 9.59 Å². The first-order chi connectivity index (χ1) is 16.1. The standard InChI is InChI=1S/C17H25N3O.2C2HF3O2/c1-3-9-21-17-10-16-12-19(7-8-20(16)13-17)11-15-6-4-5-14(2)18-15;2*3-2(4,5)1(6)7/h3-6,16-17H,1,7-13H2,2H3;2*(H,6,7)/t16-,17+;;/m0../s1. The number of piperazine rings is 1. The maximum Gasteiger partial charge on any atom is 0.490 e. The Kier molecular flexibility index (Phi) is 11.6. The summed E-state index contributed by atoms with van der Waals surface area (Å²) in [5, 5.41) is 14.2. The summed E-state index contributed by atoms with van der Waals surface area (Å²) in [6.07, 6.45) is -6.80. The maximum atomic E-state index is 10.6. The first kappa shape index (κ1) is 30.3. The van der Waals surface area contributed by atoms with Crippen LogP contribution in [0.3, 0.4) is 0 Å². The fourth-order valence-electron chi connectivity index (χ4n) is 3.45. The third-order valence-electron chi connectivity index (χ3n) is 4.93. The zero-order valence-electron chi connectivity index (χ0n) is 18.8. The van der Waals surface area contributed by atoms with Crippen molar-refractivity contribution < 1.29 is 50.9 Å². The maximum absolute atomic E-state index is 10.6. The predicted molar refractivity (Wildman–Crippen MR) is 112 cm³/mol. The number of aliphatic carboxylic acids is 2. The largest absolute Gasteiger partial charge is 0.490 e. The lowest BCUT2D eigenvalue weighted by molar-refractivity contribution is -0.193. The number of carbonyl (C=O) groups is 2. The van der Waals surface area contributed by atoms with Gasteiger partial charge in [-0.3, -0.25) is 14.8 Å². The smallest absolute Gasteiger partial charge is 0.475 e. The molecule has 2 atom stereocenters. The molecular weight excluding hydrogens is 488 g/mol. The van der Waals surface area contributed by atoms with Gasteiger partial charge >= 0.3 is 24.3 Å². The fraction of sp³-hybridized carbons (Fsp3) is 0.571. The van der Waals surface area contributed by atoms with Gasteiger partial charge in [-0.05, 0) is 25.5 Å². The lowest BCUT2D eigenvalue weighted by Gasteiger charge is -2.37. The lowest BCUT2D eigenvalue weighted by Crippen LogP contribution is -2.49. The average Bonchev–Trinajstić information content (AvgIpc) is 3.14. The van der Waals surface area contributed by atoms with Crippen molar-refractivity contribution in [3.63, 3.8) is 0 Å². The van der Waals surface area contributed by atoms with Crippen LogP contribution in [0.2, 0.25) is 0 Å². The van der Waals surface area contributed by atoms with Crippen molar-refractivity contribution in [2.75, 3.05) is 32.8 Å². The molecule has 0 radical (unpaired) electrons. The van der Waals surface area contributed by atoms with Gasteiger partial charge in [-0.2, -0.15) is 26.3 Å². The van der Waals surface area contributed by atoms with E-state index < -0.39 is 24.3 Å². The van der Waals surface area contributed by atoms with E-state index in [0.29, 0.717) is 18.8 Å². The molecule has 0 unspecified atom stereocenters. The number of nitrogens with zero attached hydrogens (tertiary/aromatic N) is 3. The number of halogens is 6. The SMILES string of the molecule is C=CCO[C@@H]1C[C@H]2CN(Cc3cccc(C)n3)CCN2C1.O=C(O)C(F)(F)F.O=C(O)C(F)(F)F. The minimum Gasteiger partial charge on any atom is -0.475 e. The van der Waals surface area contributed by atoms with Gasteiger partial charge in [-0.1, -0.05) is 12.1 Å². The van der Waals surface area contributed by atoms with Crippen LogP contribution in [0.15, 0.2) is 30.9 Å². The topological polar surface area (TPSA) is 103 Å². The minimum absolute atomic E-state index is 0.380. The number of hydrogen-bond donors (Lipinski definition) is 2. The van der Waals surface area contributed by atoms with Crippen molar-refractivity contribution in [3.8, 4) is 0 Å². The molecule has 2 aliphatic rings. The summed E-state index contributed by atoms with van der Waals surface area (Å²) in [5.41, 5.74) is 2.28. The molecule has 3 rings (SSSR count). The van der Waals surface area contributed by atoms with Crippen LogP contribution in [0.5, 0.6) is 0 Å². The fourth-order valence-corrected chi connectivity index (χ4v) is 3.45. The Bertz CT molecular complexity index is 825. The van der Waals surface area contributed by atoms with E-state index in [1.54, 1.807) is 0 Å². The number of alkyl halides is 6. The van der Waals surface area contributed by atoms with Crippen molar-refractivity contribution in [2.24, 2.45) is 0 Å². The first-order valence-electron chi connectivity index (χ1n) is 10.3. The second-order valence-corrected chi connectivity index (χ2v) is 7.74. The second-order valence-electron chi connectivity index (χ2n) is 7.74. The van der Waals surface area contributed by atoms with Crippen molar-refractivity contribution in [3.05, 3.63) is 42.2 Å². The Morgan fingerprint density at radius 1 is 1.11 bits per heavy atom. The van der Waals surface area contributed by atoms with E-state index in [0.717, 1.165) is 44.8 Å². The Labute approximate surface area is 197 Å². The second kappa shape index (κ2) is 13.4. The van der Waals surface area contributed by atoms with E-state index in [9.17, 15) is 26.3 Å². The summed E-state index contributed by atoms with van der Waals surface area (Å²) in [7, 11) is 0. The van der Waals surface area contributed by atoms with Gasteiger partial charge in [0.05, 0.1) is 18.4 Å². The van der Waals surface area contributed by atoms with E-state index in [1.807, 2.05) is 6.08 Å². The minimum atomic E-state index is -5.08. The van der Waals surface area contributed by atoms with E-state index >= 15 is 0 Å². The van der Waals surface area contributed by atoms with Crippen molar-refractivity contribution >= 4 is 11.9 Å². The molecule has 35 heavy (non-hydrogen) atoms. The number of pyridine rings is 1. The zero-order valence-corrected chi connectivity index (χ0v) is 18.8. The van der Waals surface area contributed by atoms with Crippen LogP contribution in [-0.4, -0.2) is 94.2 Å². The molecule has 2 aliphatic heterocycles. The van der Waals surface area contributed by atoms with E-state index in [-0.39, 0.29) is 0 Å². The van der Waals surface area contributed by atoms with Gasteiger partial charge in [-0.15, -0.1) is 6.58 Å². The number of fused-ring (bicyclic) bond motifs is 1. The number of carboxylic acids is 2. The van der Waals surface area contributed by atoms with Gasteiger partial charge in [0.25, 0.3) is 0 Å². The third-order valence-corrected chi connectivity index (χ3v) is 4.93. The van der Waals surface area contributed by atoms with E-state index in [1.165, 1.54) is 5.69 Å². The van der Waals surface area contributed by atoms with Crippen molar-refractivity contribution in [2.45, 2.75) is 44.4 Å². The lowest BCUT2D eigenvalue weighted by atomic mass is 10.1. The summed E-state index contributed by atoms with van der Waals surface area (Å²) < 4.78 is 69.3. The quantitative estimate of drug-likeness (QED) is 0.456.